The van der Waals surface area contributed by atoms with E-state index in [1.807, 2.05) is 52.3 Å². The molecule has 0 N–H and O–H groups in total. The maximum Gasteiger partial charge on any atom is 0.254 e. The van der Waals surface area contributed by atoms with Crippen LogP contribution in [0.15, 0.2) is 54.6 Å². The quantitative estimate of drug-likeness (QED) is 0.797. The van der Waals surface area contributed by atoms with Crippen molar-refractivity contribution in [2.45, 2.75) is 19.3 Å². The highest BCUT2D eigenvalue weighted by Crippen LogP contribution is 2.23. The Bertz CT molecular complexity index is 845. The molecule has 0 spiro atoms. The highest BCUT2D eigenvalue weighted by molar-refractivity contribution is 6.07. The number of amides is 2. The topological polar surface area (TPSA) is 40.6 Å². The van der Waals surface area contributed by atoms with Gasteiger partial charge in [0.15, 0.2) is 0 Å². The van der Waals surface area contributed by atoms with Gasteiger partial charge in [-0.1, -0.05) is 48.6 Å². The fraction of sp³-hybridized carbons (Fsp3) is 0.364. The number of carbonyl (C=O) groups is 2. The van der Waals surface area contributed by atoms with Gasteiger partial charge in [-0.2, -0.15) is 0 Å². The zero-order valence-corrected chi connectivity index (χ0v) is 14.9. The first-order valence-electron chi connectivity index (χ1n) is 9.44. The van der Waals surface area contributed by atoms with Gasteiger partial charge in [0.1, 0.15) is 0 Å². The lowest BCUT2D eigenvalue weighted by atomic mass is 10.0. The van der Waals surface area contributed by atoms with Gasteiger partial charge >= 0.3 is 0 Å². The number of nitrogens with zero attached hydrogens (tertiary/aromatic N) is 2. The number of benzene rings is 2. The van der Waals surface area contributed by atoms with Gasteiger partial charge in [-0.25, -0.2) is 0 Å². The van der Waals surface area contributed by atoms with Gasteiger partial charge in [0.25, 0.3) is 5.91 Å². The SMILES string of the molecule is O=C(C[C@H]1C=CCC1)N1CCN(C(=O)c2cccc3ccccc23)CC1. The predicted molar refractivity (Wildman–Crippen MR) is 103 cm³/mol. The van der Waals surface area contributed by atoms with Crippen molar-refractivity contribution in [2.75, 3.05) is 26.2 Å². The van der Waals surface area contributed by atoms with Crippen LogP contribution < -0.4 is 0 Å². The molecule has 1 atom stereocenters. The first kappa shape index (κ1) is 16.8. The molecule has 1 fully saturated rings. The Balaban J connectivity index is 1.40. The molecule has 1 aliphatic heterocycles. The normalized spacial score (nSPS) is 19.9. The van der Waals surface area contributed by atoms with Crippen molar-refractivity contribution in [1.29, 1.82) is 0 Å². The highest BCUT2D eigenvalue weighted by Gasteiger charge is 2.26. The van der Waals surface area contributed by atoms with E-state index in [1.54, 1.807) is 0 Å². The first-order valence-corrected chi connectivity index (χ1v) is 9.44. The Kier molecular flexibility index (Phi) is 4.74. The van der Waals surface area contributed by atoms with Crippen molar-refractivity contribution in [3.8, 4) is 0 Å². The molecule has 0 saturated carbocycles. The molecule has 2 amide bonds. The molecule has 2 aromatic carbocycles. The molecule has 0 unspecified atom stereocenters. The average Bonchev–Trinajstić information content (AvgIpc) is 3.20. The third-order valence-electron chi connectivity index (χ3n) is 5.49. The van der Waals surface area contributed by atoms with E-state index in [-0.39, 0.29) is 11.8 Å². The van der Waals surface area contributed by atoms with E-state index in [1.165, 1.54) is 0 Å². The standard InChI is InChI=1S/C22H24N2O2/c25-21(16-17-6-1-2-7-17)23-12-14-24(15-13-23)22(26)20-11-5-9-18-8-3-4-10-19(18)20/h1,3-6,8-11,17H,2,7,12-16H2/t17-/m0/s1. The number of hydrogen-bond donors (Lipinski definition) is 0. The van der Waals surface area contributed by atoms with Crippen LogP contribution in [0.25, 0.3) is 10.8 Å². The van der Waals surface area contributed by atoms with Crippen molar-refractivity contribution < 1.29 is 9.59 Å². The Labute approximate surface area is 154 Å². The van der Waals surface area contributed by atoms with Crippen molar-refractivity contribution in [3.63, 3.8) is 0 Å². The Morgan fingerprint density at radius 1 is 0.923 bits per heavy atom. The lowest BCUT2D eigenvalue weighted by Crippen LogP contribution is -2.50. The van der Waals surface area contributed by atoms with E-state index >= 15 is 0 Å². The molecule has 2 aromatic rings. The minimum absolute atomic E-state index is 0.0626. The van der Waals surface area contributed by atoms with Crippen LogP contribution in [-0.2, 0) is 4.79 Å². The summed E-state index contributed by atoms with van der Waals surface area (Å²) in [4.78, 5) is 29.2. The molecule has 0 bridgehead atoms. The molecule has 0 radical (unpaired) electrons. The summed E-state index contributed by atoms with van der Waals surface area (Å²) in [5.74, 6) is 0.685. The number of rotatable bonds is 3. The second-order valence-electron chi connectivity index (χ2n) is 7.17. The predicted octanol–water partition coefficient (Wildman–Crippen LogP) is 3.48. The minimum Gasteiger partial charge on any atom is -0.339 e. The molecule has 4 nitrogen and oxygen atoms in total. The molecule has 26 heavy (non-hydrogen) atoms. The summed E-state index contributed by atoms with van der Waals surface area (Å²) in [5, 5.41) is 2.07. The number of hydrogen-bond acceptors (Lipinski definition) is 2. The molecular weight excluding hydrogens is 324 g/mol. The number of allylic oxidation sites excluding steroid dienone is 2. The van der Waals surface area contributed by atoms with E-state index < -0.39 is 0 Å². The monoisotopic (exact) mass is 348 g/mol. The van der Waals surface area contributed by atoms with Gasteiger partial charge < -0.3 is 9.80 Å². The van der Waals surface area contributed by atoms with E-state index in [2.05, 4.69) is 12.2 Å². The molecule has 134 valence electrons. The van der Waals surface area contributed by atoms with Gasteiger partial charge in [0, 0.05) is 38.2 Å². The van der Waals surface area contributed by atoms with Crippen molar-refractivity contribution >= 4 is 22.6 Å². The molecule has 2 aliphatic rings. The number of piperazine rings is 1. The van der Waals surface area contributed by atoms with Crippen LogP contribution in [0.5, 0.6) is 0 Å². The van der Waals surface area contributed by atoms with E-state index in [4.69, 9.17) is 0 Å². The van der Waals surface area contributed by atoms with Crippen molar-refractivity contribution in [2.24, 2.45) is 5.92 Å². The summed E-state index contributed by atoms with van der Waals surface area (Å²) in [6.45, 7) is 2.47. The van der Waals surface area contributed by atoms with Crippen molar-refractivity contribution in [1.82, 2.24) is 9.80 Å². The number of carbonyl (C=O) groups excluding carboxylic acids is 2. The van der Waals surface area contributed by atoms with Crippen LogP contribution in [-0.4, -0.2) is 47.8 Å². The molecule has 0 aromatic heterocycles. The summed E-state index contributed by atoms with van der Waals surface area (Å²) >= 11 is 0. The summed E-state index contributed by atoms with van der Waals surface area (Å²) < 4.78 is 0. The molecule has 4 rings (SSSR count). The third-order valence-corrected chi connectivity index (χ3v) is 5.49. The largest absolute Gasteiger partial charge is 0.339 e. The van der Waals surface area contributed by atoms with E-state index in [9.17, 15) is 9.59 Å². The molecule has 1 saturated heterocycles. The third kappa shape index (κ3) is 3.36. The van der Waals surface area contributed by atoms with Crippen LogP contribution in [0.3, 0.4) is 0 Å². The molecular formula is C22H24N2O2. The van der Waals surface area contributed by atoms with Crippen LogP contribution in [0.1, 0.15) is 29.6 Å². The second-order valence-corrected chi connectivity index (χ2v) is 7.17. The average molecular weight is 348 g/mol. The number of fused-ring (bicyclic) bond motifs is 1. The summed E-state index contributed by atoms with van der Waals surface area (Å²) in [7, 11) is 0. The lowest BCUT2D eigenvalue weighted by Gasteiger charge is -2.35. The zero-order valence-electron chi connectivity index (χ0n) is 14.9. The smallest absolute Gasteiger partial charge is 0.254 e. The van der Waals surface area contributed by atoms with Crippen LogP contribution in [0, 0.1) is 5.92 Å². The molecule has 4 heteroatoms. The second kappa shape index (κ2) is 7.32. The zero-order chi connectivity index (χ0) is 17.9. The molecule has 1 aliphatic carbocycles. The lowest BCUT2D eigenvalue weighted by molar-refractivity contribution is -0.133. The van der Waals surface area contributed by atoms with Gasteiger partial charge in [-0.05, 0) is 35.6 Å². The minimum atomic E-state index is 0.0626. The Morgan fingerprint density at radius 3 is 2.42 bits per heavy atom. The molecule has 1 heterocycles. The summed E-state index contributed by atoms with van der Waals surface area (Å²) in [6.07, 6.45) is 7.11. The maximum atomic E-state index is 13.0. The Morgan fingerprint density at radius 2 is 1.65 bits per heavy atom. The van der Waals surface area contributed by atoms with E-state index in [0.29, 0.717) is 38.5 Å². The van der Waals surface area contributed by atoms with Crippen LogP contribution in [0.2, 0.25) is 0 Å². The van der Waals surface area contributed by atoms with Crippen molar-refractivity contribution in [3.05, 3.63) is 60.2 Å². The van der Waals surface area contributed by atoms with Crippen LogP contribution >= 0.6 is 0 Å². The summed E-state index contributed by atoms with van der Waals surface area (Å²) in [5.41, 5.74) is 0.749. The fourth-order valence-electron chi connectivity index (χ4n) is 3.96. The first-order chi connectivity index (χ1) is 12.7. The van der Waals surface area contributed by atoms with E-state index in [0.717, 1.165) is 29.2 Å². The highest BCUT2D eigenvalue weighted by atomic mass is 16.2. The van der Waals surface area contributed by atoms with Crippen LogP contribution in [0.4, 0.5) is 0 Å². The van der Waals surface area contributed by atoms with Gasteiger partial charge in [-0.3, -0.25) is 9.59 Å². The van der Waals surface area contributed by atoms with Gasteiger partial charge in [0.2, 0.25) is 5.91 Å². The van der Waals surface area contributed by atoms with Gasteiger partial charge in [0.05, 0.1) is 0 Å². The fourth-order valence-corrected chi connectivity index (χ4v) is 3.96. The van der Waals surface area contributed by atoms with Gasteiger partial charge in [-0.15, -0.1) is 0 Å². The maximum absolute atomic E-state index is 13.0. The summed E-state index contributed by atoms with van der Waals surface area (Å²) in [6, 6.07) is 13.8. The Hall–Kier alpha value is -2.62.